The molecule has 0 saturated carbocycles. The van der Waals surface area contributed by atoms with Gasteiger partial charge in [0.15, 0.2) is 17.5 Å². The van der Waals surface area contributed by atoms with E-state index in [0.29, 0.717) is 23.4 Å². The number of para-hydroxylation sites is 1. The lowest BCUT2D eigenvalue weighted by atomic mass is 9.90. The first kappa shape index (κ1) is 30.9. The Bertz CT molecular complexity index is 2850. The molecule has 4 nitrogen and oxygen atoms in total. The van der Waals surface area contributed by atoms with Crippen LogP contribution in [0.1, 0.15) is 23.7 Å². The van der Waals surface area contributed by atoms with Crippen LogP contribution in [-0.2, 0) is 0 Å². The van der Waals surface area contributed by atoms with E-state index in [-0.39, 0.29) is 0 Å². The Hall–Kier alpha value is -6.91. The molecule has 0 radical (unpaired) electrons. The summed E-state index contributed by atoms with van der Waals surface area (Å²) in [4.78, 5) is 15.3. The minimum Gasteiger partial charge on any atom is -0.455 e. The van der Waals surface area contributed by atoms with Crippen molar-refractivity contribution in [1.29, 1.82) is 0 Å². The third kappa shape index (κ3) is 5.71. The monoisotopic (exact) mass is 679 g/mol. The molecule has 250 valence electrons. The zero-order valence-electron chi connectivity index (χ0n) is 28.9. The smallest absolute Gasteiger partial charge is 0.164 e. The summed E-state index contributed by atoms with van der Waals surface area (Å²) >= 11 is 0. The van der Waals surface area contributed by atoms with Gasteiger partial charge in [-0.15, -0.1) is 0 Å². The van der Waals surface area contributed by atoms with E-state index in [2.05, 4.69) is 140 Å². The molecular formula is C49H33N3O. The van der Waals surface area contributed by atoms with Gasteiger partial charge in [-0.05, 0) is 63.7 Å². The second-order valence-corrected chi connectivity index (χ2v) is 13.5. The zero-order valence-corrected chi connectivity index (χ0v) is 28.9. The normalized spacial score (nSPS) is 14.2. The van der Waals surface area contributed by atoms with Gasteiger partial charge in [-0.25, -0.2) is 15.0 Å². The van der Waals surface area contributed by atoms with Gasteiger partial charge in [0.25, 0.3) is 0 Å². The van der Waals surface area contributed by atoms with E-state index >= 15 is 0 Å². The molecule has 0 spiro atoms. The molecule has 0 bridgehead atoms. The number of fused-ring (bicyclic) bond motifs is 4. The number of benzene rings is 7. The van der Waals surface area contributed by atoms with E-state index in [1.807, 2.05) is 42.5 Å². The maximum Gasteiger partial charge on any atom is 0.164 e. The van der Waals surface area contributed by atoms with Crippen LogP contribution in [-0.4, -0.2) is 15.0 Å². The van der Waals surface area contributed by atoms with Crippen molar-refractivity contribution in [2.45, 2.75) is 12.3 Å². The van der Waals surface area contributed by atoms with Gasteiger partial charge in [0, 0.05) is 39.0 Å². The second kappa shape index (κ2) is 13.0. The first-order valence-corrected chi connectivity index (χ1v) is 18.0. The fourth-order valence-electron chi connectivity index (χ4n) is 7.53. The standard InChI is InChI=1S/C49H33N3O/c1-3-11-32(12-4-1)34-21-26-38(27-22-34)48-50-47(37-14-5-2-6-15-37)51-49(52-48)43-30-29-41(46-45(43)42-17-9-10-18-44(42)53-46)36-24-19-35(20-25-36)40-28-23-33-13-7-8-16-39(33)31-40/h1-21,23-31,34H,22H2. The Labute approximate surface area is 307 Å². The minimum atomic E-state index is 0.320. The van der Waals surface area contributed by atoms with E-state index in [1.165, 1.54) is 27.5 Å². The molecule has 10 rings (SSSR count). The molecule has 2 heterocycles. The van der Waals surface area contributed by atoms with Crippen LogP contribution < -0.4 is 0 Å². The molecule has 2 aromatic heterocycles. The number of allylic oxidation sites excluding steroid dienone is 4. The molecule has 1 aliphatic carbocycles. The maximum absolute atomic E-state index is 6.68. The molecular weight excluding hydrogens is 647 g/mol. The first-order valence-electron chi connectivity index (χ1n) is 18.0. The summed E-state index contributed by atoms with van der Waals surface area (Å²) in [6.07, 6.45) is 7.54. The second-order valence-electron chi connectivity index (χ2n) is 13.5. The van der Waals surface area contributed by atoms with Gasteiger partial charge >= 0.3 is 0 Å². The summed E-state index contributed by atoms with van der Waals surface area (Å²) < 4.78 is 6.68. The molecule has 1 atom stereocenters. The summed E-state index contributed by atoms with van der Waals surface area (Å²) in [6.45, 7) is 0. The van der Waals surface area contributed by atoms with Crippen molar-refractivity contribution >= 4 is 38.3 Å². The average molecular weight is 680 g/mol. The van der Waals surface area contributed by atoms with Crippen LogP contribution >= 0.6 is 0 Å². The third-order valence-corrected chi connectivity index (χ3v) is 10.3. The summed E-state index contributed by atoms with van der Waals surface area (Å²) in [7, 11) is 0. The van der Waals surface area contributed by atoms with Gasteiger partial charge in [-0.2, -0.15) is 0 Å². The fourth-order valence-corrected chi connectivity index (χ4v) is 7.53. The van der Waals surface area contributed by atoms with Crippen molar-refractivity contribution in [3.05, 3.63) is 193 Å². The van der Waals surface area contributed by atoms with Gasteiger partial charge in [0.1, 0.15) is 11.2 Å². The fraction of sp³-hybridized carbons (Fsp3) is 0.0408. The largest absolute Gasteiger partial charge is 0.455 e. The van der Waals surface area contributed by atoms with Crippen LogP contribution in [0.25, 0.3) is 83.3 Å². The van der Waals surface area contributed by atoms with Crippen molar-refractivity contribution in [3.63, 3.8) is 0 Å². The number of hydrogen-bond donors (Lipinski definition) is 0. The average Bonchev–Trinajstić information content (AvgIpc) is 3.64. The highest BCUT2D eigenvalue weighted by molar-refractivity contribution is 6.15. The number of aromatic nitrogens is 3. The number of nitrogens with zero attached hydrogens (tertiary/aromatic N) is 3. The highest BCUT2D eigenvalue weighted by atomic mass is 16.3. The predicted molar refractivity (Wildman–Crippen MR) is 217 cm³/mol. The van der Waals surface area contributed by atoms with E-state index in [4.69, 9.17) is 19.4 Å². The Morgan fingerprint density at radius 1 is 0.491 bits per heavy atom. The molecule has 0 amide bonds. The number of furan rings is 1. The SMILES string of the molecule is C1=CC(c2ccccc2)CC=C1c1nc(-c2ccccc2)nc(-c2ccc(-c3ccc(-c4ccc5ccccc5c4)cc3)c3oc4ccccc4c23)n1. The van der Waals surface area contributed by atoms with Crippen molar-refractivity contribution in [1.82, 2.24) is 15.0 Å². The van der Waals surface area contributed by atoms with Crippen LogP contribution in [0.3, 0.4) is 0 Å². The van der Waals surface area contributed by atoms with E-state index in [0.717, 1.165) is 56.2 Å². The molecule has 7 aromatic carbocycles. The van der Waals surface area contributed by atoms with Crippen molar-refractivity contribution < 1.29 is 4.42 Å². The Morgan fingerprint density at radius 2 is 1.15 bits per heavy atom. The molecule has 0 fully saturated rings. The van der Waals surface area contributed by atoms with Gasteiger partial charge in [-0.3, -0.25) is 0 Å². The van der Waals surface area contributed by atoms with Crippen LogP contribution in [0.4, 0.5) is 0 Å². The third-order valence-electron chi connectivity index (χ3n) is 10.3. The Balaban J connectivity index is 1.09. The van der Waals surface area contributed by atoms with Gasteiger partial charge in [0.2, 0.25) is 0 Å². The quantitative estimate of drug-likeness (QED) is 0.175. The first-order chi connectivity index (χ1) is 26.2. The summed E-state index contributed by atoms with van der Waals surface area (Å²) in [5.41, 5.74) is 10.2. The van der Waals surface area contributed by atoms with Crippen LogP contribution in [0.5, 0.6) is 0 Å². The lowest BCUT2D eigenvalue weighted by Gasteiger charge is -2.17. The van der Waals surface area contributed by atoms with Crippen LogP contribution in [0.2, 0.25) is 0 Å². The summed E-state index contributed by atoms with van der Waals surface area (Å²) in [5, 5.41) is 4.49. The molecule has 9 aromatic rings. The summed E-state index contributed by atoms with van der Waals surface area (Å²) in [6, 6.07) is 57.1. The molecule has 0 aliphatic heterocycles. The van der Waals surface area contributed by atoms with Gasteiger partial charge in [-0.1, -0.05) is 158 Å². The predicted octanol–water partition coefficient (Wildman–Crippen LogP) is 12.7. The van der Waals surface area contributed by atoms with E-state index in [9.17, 15) is 0 Å². The van der Waals surface area contributed by atoms with Crippen LogP contribution in [0.15, 0.2) is 186 Å². The number of rotatable bonds is 6. The molecule has 1 aliphatic rings. The van der Waals surface area contributed by atoms with Crippen molar-refractivity contribution in [3.8, 4) is 45.0 Å². The highest BCUT2D eigenvalue weighted by Crippen LogP contribution is 2.42. The molecule has 1 unspecified atom stereocenters. The van der Waals surface area contributed by atoms with E-state index < -0.39 is 0 Å². The lowest BCUT2D eigenvalue weighted by Crippen LogP contribution is -2.05. The maximum atomic E-state index is 6.68. The van der Waals surface area contributed by atoms with Crippen molar-refractivity contribution in [2.24, 2.45) is 0 Å². The number of hydrogen-bond acceptors (Lipinski definition) is 4. The van der Waals surface area contributed by atoms with E-state index in [1.54, 1.807) is 0 Å². The molecule has 0 saturated heterocycles. The van der Waals surface area contributed by atoms with Crippen LogP contribution in [0, 0.1) is 0 Å². The summed E-state index contributed by atoms with van der Waals surface area (Å²) in [5.74, 6) is 2.23. The van der Waals surface area contributed by atoms with Gasteiger partial charge in [0.05, 0.1) is 0 Å². The highest BCUT2D eigenvalue weighted by Gasteiger charge is 2.22. The molecule has 53 heavy (non-hydrogen) atoms. The lowest BCUT2D eigenvalue weighted by molar-refractivity contribution is 0.670. The molecule has 0 N–H and O–H groups in total. The topological polar surface area (TPSA) is 51.8 Å². The zero-order chi connectivity index (χ0) is 35.1. The Kier molecular flexibility index (Phi) is 7.58. The minimum absolute atomic E-state index is 0.320. The Morgan fingerprint density at radius 3 is 1.96 bits per heavy atom. The molecule has 4 heteroatoms. The van der Waals surface area contributed by atoms with Gasteiger partial charge < -0.3 is 4.42 Å². The van der Waals surface area contributed by atoms with Crippen molar-refractivity contribution in [2.75, 3.05) is 0 Å².